The van der Waals surface area contributed by atoms with Gasteiger partial charge in [0, 0.05) is 6.54 Å². The zero-order valence-electron chi connectivity index (χ0n) is 11.3. The van der Waals surface area contributed by atoms with Gasteiger partial charge in [0.05, 0.1) is 12.7 Å². The first-order valence-electron chi connectivity index (χ1n) is 7.16. The smallest absolute Gasteiger partial charge is 0.0592 e. The predicted molar refractivity (Wildman–Crippen MR) is 71.7 cm³/mol. The summed E-state index contributed by atoms with van der Waals surface area (Å²) in [6.45, 7) is 5.87. The Labute approximate surface area is 102 Å². The Bertz CT molecular complexity index is 120. The van der Waals surface area contributed by atoms with Crippen LogP contribution in [0.15, 0.2) is 0 Å². The summed E-state index contributed by atoms with van der Waals surface area (Å²) in [5, 5.41) is 0. The van der Waals surface area contributed by atoms with Crippen LogP contribution in [0.1, 0.15) is 71.6 Å². The standard InChI is InChI=1S/C14H31NO/c1-3-5-7-8-9-11-14(10-6-4-2)16-13-12-15/h14H,3-13,15H2,1-2H3. The van der Waals surface area contributed by atoms with Gasteiger partial charge in [0.2, 0.25) is 0 Å². The number of ether oxygens (including phenoxy) is 1. The van der Waals surface area contributed by atoms with E-state index in [0.29, 0.717) is 12.6 Å². The summed E-state index contributed by atoms with van der Waals surface area (Å²) >= 11 is 0. The lowest BCUT2D eigenvalue weighted by Gasteiger charge is -2.17. The van der Waals surface area contributed by atoms with Gasteiger partial charge in [-0.15, -0.1) is 0 Å². The van der Waals surface area contributed by atoms with Crippen LogP contribution in [0.25, 0.3) is 0 Å². The number of rotatable bonds is 12. The first-order valence-corrected chi connectivity index (χ1v) is 7.16. The van der Waals surface area contributed by atoms with E-state index >= 15 is 0 Å². The van der Waals surface area contributed by atoms with E-state index in [1.807, 2.05) is 0 Å². The van der Waals surface area contributed by atoms with Gasteiger partial charge >= 0.3 is 0 Å². The minimum absolute atomic E-state index is 0.463. The maximum atomic E-state index is 5.77. The van der Waals surface area contributed by atoms with Gasteiger partial charge in [-0.3, -0.25) is 0 Å². The fourth-order valence-corrected chi connectivity index (χ4v) is 1.95. The van der Waals surface area contributed by atoms with Gasteiger partial charge in [0.25, 0.3) is 0 Å². The lowest BCUT2D eigenvalue weighted by Crippen LogP contribution is -2.18. The summed E-state index contributed by atoms with van der Waals surface area (Å²) in [7, 11) is 0. The van der Waals surface area contributed by atoms with E-state index in [0.717, 1.165) is 6.61 Å². The molecule has 2 nitrogen and oxygen atoms in total. The molecule has 0 aromatic carbocycles. The van der Waals surface area contributed by atoms with Crippen molar-refractivity contribution in [3.05, 3.63) is 0 Å². The molecule has 0 amide bonds. The van der Waals surface area contributed by atoms with Crippen LogP contribution in [-0.2, 0) is 4.74 Å². The van der Waals surface area contributed by atoms with Crippen molar-refractivity contribution in [3.8, 4) is 0 Å². The zero-order chi connectivity index (χ0) is 12.1. The molecule has 0 aliphatic carbocycles. The molecule has 16 heavy (non-hydrogen) atoms. The van der Waals surface area contributed by atoms with Crippen molar-refractivity contribution < 1.29 is 4.74 Å². The van der Waals surface area contributed by atoms with Crippen molar-refractivity contribution in [2.45, 2.75) is 77.7 Å². The quantitative estimate of drug-likeness (QED) is 0.515. The van der Waals surface area contributed by atoms with Gasteiger partial charge in [0.1, 0.15) is 0 Å². The highest BCUT2D eigenvalue weighted by Gasteiger charge is 2.07. The molecule has 1 unspecified atom stereocenters. The Balaban J connectivity index is 3.48. The molecule has 0 radical (unpaired) electrons. The number of hydrogen-bond acceptors (Lipinski definition) is 2. The van der Waals surface area contributed by atoms with E-state index in [4.69, 9.17) is 10.5 Å². The first kappa shape index (κ1) is 15.9. The van der Waals surface area contributed by atoms with E-state index in [9.17, 15) is 0 Å². The lowest BCUT2D eigenvalue weighted by atomic mass is 10.0. The number of nitrogens with two attached hydrogens (primary N) is 1. The van der Waals surface area contributed by atoms with Crippen LogP contribution in [0, 0.1) is 0 Å². The molecular weight excluding hydrogens is 198 g/mol. The summed E-state index contributed by atoms with van der Waals surface area (Å²) in [5.74, 6) is 0. The van der Waals surface area contributed by atoms with E-state index in [1.165, 1.54) is 57.8 Å². The normalized spacial score (nSPS) is 12.9. The summed E-state index contributed by atoms with van der Waals surface area (Å²) in [6.07, 6.45) is 12.2. The molecule has 2 N–H and O–H groups in total. The second kappa shape index (κ2) is 13.0. The average Bonchev–Trinajstić information content (AvgIpc) is 2.31. The molecule has 0 bridgehead atoms. The van der Waals surface area contributed by atoms with E-state index in [1.54, 1.807) is 0 Å². The van der Waals surface area contributed by atoms with Crippen LogP contribution in [0.4, 0.5) is 0 Å². The maximum absolute atomic E-state index is 5.77. The van der Waals surface area contributed by atoms with Crippen LogP contribution >= 0.6 is 0 Å². The molecule has 0 aromatic heterocycles. The van der Waals surface area contributed by atoms with E-state index in [2.05, 4.69) is 13.8 Å². The molecule has 0 rings (SSSR count). The van der Waals surface area contributed by atoms with Gasteiger partial charge in [-0.05, 0) is 12.8 Å². The molecule has 0 heterocycles. The van der Waals surface area contributed by atoms with Crippen molar-refractivity contribution >= 4 is 0 Å². The minimum Gasteiger partial charge on any atom is -0.377 e. The molecule has 2 heteroatoms. The molecule has 0 aliphatic rings. The Hall–Kier alpha value is -0.0800. The fourth-order valence-electron chi connectivity index (χ4n) is 1.95. The van der Waals surface area contributed by atoms with Gasteiger partial charge in [-0.25, -0.2) is 0 Å². The molecule has 0 saturated carbocycles. The van der Waals surface area contributed by atoms with Crippen LogP contribution in [0.2, 0.25) is 0 Å². The van der Waals surface area contributed by atoms with E-state index in [-0.39, 0.29) is 0 Å². The minimum atomic E-state index is 0.463. The summed E-state index contributed by atoms with van der Waals surface area (Å²) in [6, 6.07) is 0. The highest BCUT2D eigenvalue weighted by atomic mass is 16.5. The molecular formula is C14H31NO. The second-order valence-corrected chi connectivity index (χ2v) is 4.63. The van der Waals surface area contributed by atoms with Crippen molar-refractivity contribution in [1.29, 1.82) is 0 Å². The van der Waals surface area contributed by atoms with Crippen molar-refractivity contribution in [2.24, 2.45) is 5.73 Å². The topological polar surface area (TPSA) is 35.2 Å². The van der Waals surface area contributed by atoms with E-state index < -0.39 is 0 Å². The summed E-state index contributed by atoms with van der Waals surface area (Å²) in [5.41, 5.74) is 5.47. The Kier molecular flexibility index (Phi) is 12.9. The van der Waals surface area contributed by atoms with Gasteiger partial charge in [0.15, 0.2) is 0 Å². The molecule has 1 atom stereocenters. The molecule has 0 spiro atoms. The van der Waals surface area contributed by atoms with Crippen molar-refractivity contribution in [3.63, 3.8) is 0 Å². The second-order valence-electron chi connectivity index (χ2n) is 4.63. The fraction of sp³-hybridized carbons (Fsp3) is 1.00. The monoisotopic (exact) mass is 229 g/mol. The number of hydrogen-bond donors (Lipinski definition) is 1. The van der Waals surface area contributed by atoms with Gasteiger partial charge in [-0.1, -0.05) is 58.8 Å². The lowest BCUT2D eigenvalue weighted by molar-refractivity contribution is 0.0435. The summed E-state index contributed by atoms with van der Waals surface area (Å²) in [4.78, 5) is 0. The summed E-state index contributed by atoms with van der Waals surface area (Å²) < 4.78 is 5.77. The molecule has 0 aromatic rings. The third-order valence-corrected chi connectivity index (χ3v) is 2.98. The zero-order valence-corrected chi connectivity index (χ0v) is 11.3. The molecule has 0 saturated heterocycles. The largest absolute Gasteiger partial charge is 0.377 e. The number of unbranched alkanes of at least 4 members (excludes halogenated alkanes) is 5. The molecule has 0 aliphatic heterocycles. The van der Waals surface area contributed by atoms with Gasteiger partial charge < -0.3 is 10.5 Å². The van der Waals surface area contributed by atoms with Crippen LogP contribution < -0.4 is 5.73 Å². The van der Waals surface area contributed by atoms with Crippen LogP contribution in [0.3, 0.4) is 0 Å². The third-order valence-electron chi connectivity index (χ3n) is 2.98. The SMILES string of the molecule is CCCCCCCC(CCCC)OCCN. The van der Waals surface area contributed by atoms with Crippen molar-refractivity contribution in [1.82, 2.24) is 0 Å². The van der Waals surface area contributed by atoms with Crippen LogP contribution in [0.5, 0.6) is 0 Å². The molecule has 0 fully saturated rings. The average molecular weight is 229 g/mol. The van der Waals surface area contributed by atoms with Crippen LogP contribution in [-0.4, -0.2) is 19.3 Å². The Morgan fingerprint density at radius 1 is 0.875 bits per heavy atom. The predicted octanol–water partition coefficient (Wildman–Crippen LogP) is 3.88. The first-order chi connectivity index (χ1) is 7.85. The maximum Gasteiger partial charge on any atom is 0.0592 e. The highest BCUT2D eigenvalue weighted by molar-refractivity contribution is 4.59. The van der Waals surface area contributed by atoms with Gasteiger partial charge in [-0.2, -0.15) is 0 Å². The Morgan fingerprint density at radius 2 is 1.50 bits per heavy atom. The Morgan fingerprint density at radius 3 is 2.12 bits per heavy atom. The third kappa shape index (κ3) is 10.4. The van der Waals surface area contributed by atoms with Crippen molar-refractivity contribution in [2.75, 3.05) is 13.2 Å². The molecule has 98 valence electrons. The highest BCUT2D eigenvalue weighted by Crippen LogP contribution is 2.14.